The lowest BCUT2D eigenvalue weighted by molar-refractivity contribution is -0.137. The van der Waals surface area contributed by atoms with Crippen LogP contribution in [0, 0.1) is 11.6 Å². The van der Waals surface area contributed by atoms with E-state index in [1.165, 1.54) is 31.3 Å². The Morgan fingerprint density at radius 3 is 2.20 bits per heavy atom. The van der Waals surface area contributed by atoms with E-state index in [2.05, 4.69) is 4.98 Å². The molecule has 41 heavy (non-hydrogen) atoms. The molecule has 2 aromatic carbocycles. The van der Waals surface area contributed by atoms with Crippen LogP contribution in [-0.4, -0.2) is 40.5 Å². The number of alkyl halides is 3. The molecule has 1 aromatic heterocycles. The van der Waals surface area contributed by atoms with Gasteiger partial charge in [-0.2, -0.15) is 13.2 Å². The molecule has 3 aromatic rings. The standard InChI is InChI=1S/C25H20ClF5N4O5S/c1-13(2)39-24(38)34(3)41-35(23(37)33-21(36)20-18(27)5-4-6-19(20)28)15-7-9-16(10-8-15)40-22-17(26)11-14(12-32-22)25(29,30)31/h4-13H,1-3H3,(H,33,36,37). The Hall–Kier alpha value is -4.11. The first-order chi connectivity index (χ1) is 19.2. The SMILES string of the molecule is CC(C)OC(=O)N(C)SN(C(=O)NC(=O)c1c(F)cccc1F)c1ccc(Oc2ncc(C(F)(F)F)cc2Cl)cc1. The molecule has 16 heteroatoms. The van der Waals surface area contributed by atoms with Crippen molar-refractivity contribution in [1.29, 1.82) is 0 Å². The number of amides is 4. The topological polar surface area (TPSA) is 101 Å². The molecular formula is C25H20ClF5N4O5S. The lowest BCUT2D eigenvalue weighted by Crippen LogP contribution is -2.42. The molecule has 0 aliphatic heterocycles. The molecule has 0 saturated heterocycles. The molecule has 0 bridgehead atoms. The highest BCUT2D eigenvalue weighted by Gasteiger charge is 2.32. The van der Waals surface area contributed by atoms with E-state index in [1.54, 1.807) is 13.8 Å². The second-order valence-electron chi connectivity index (χ2n) is 8.27. The number of rotatable bonds is 7. The number of urea groups is 1. The number of carbonyl (C=O) groups is 3. The van der Waals surface area contributed by atoms with E-state index in [1.807, 2.05) is 5.32 Å². The summed E-state index contributed by atoms with van der Waals surface area (Å²) in [5.41, 5.74) is -2.03. The molecule has 0 aliphatic carbocycles. The Kier molecular flexibility index (Phi) is 9.99. The number of carbonyl (C=O) groups excluding carboxylic acids is 3. The van der Waals surface area contributed by atoms with Crippen molar-refractivity contribution in [2.75, 3.05) is 11.4 Å². The highest BCUT2D eigenvalue weighted by atomic mass is 35.5. The summed E-state index contributed by atoms with van der Waals surface area (Å²) in [4.78, 5) is 41.4. The van der Waals surface area contributed by atoms with E-state index in [0.717, 1.165) is 26.8 Å². The van der Waals surface area contributed by atoms with Gasteiger partial charge in [-0.05, 0) is 56.3 Å². The third kappa shape index (κ3) is 8.20. The minimum Gasteiger partial charge on any atom is -0.446 e. The van der Waals surface area contributed by atoms with Crippen LogP contribution in [-0.2, 0) is 10.9 Å². The van der Waals surface area contributed by atoms with Gasteiger partial charge < -0.3 is 9.47 Å². The molecule has 0 aliphatic rings. The van der Waals surface area contributed by atoms with Crippen molar-refractivity contribution in [2.45, 2.75) is 26.1 Å². The van der Waals surface area contributed by atoms with Gasteiger partial charge in [-0.1, -0.05) is 17.7 Å². The van der Waals surface area contributed by atoms with Crippen LogP contribution in [0.5, 0.6) is 11.6 Å². The maximum absolute atomic E-state index is 14.1. The second-order valence-corrected chi connectivity index (χ2v) is 9.75. The molecule has 0 unspecified atom stereocenters. The van der Waals surface area contributed by atoms with Crippen LogP contribution in [0.2, 0.25) is 5.02 Å². The van der Waals surface area contributed by atoms with E-state index in [4.69, 9.17) is 21.1 Å². The molecule has 9 nitrogen and oxygen atoms in total. The van der Waals surface area contributed by atoms with Gasteiger partial charge >= 0.3 is 18.3 Å². The van der Waals surface area contributed by atoms with Crippen LogP contribution >= 0.6 is 23.7 Å². The second kappa shape index (κ2) is 13.0. The Morgan fingerprint density at radius 2 is 1.66 bits per heavy atom. The van der Waals surface area contributed by atoms with Gasteiger partial charge in [-0.3, -0.25) is 10.1 Å². The smallest absolute Gasteiger partial charge is 0.421 e. The Bertz CT molecular complexity index is 1420. The third-order valence-electron chi connectivity index (χ3n) is 4.81. The molecule has 3 rings (SSSR count). The Morgan fingerprint density at radius 1 is 1.05 bits per heavy atom. The zero-order valence-electron chi connectivity index (χ0n) is 21.3. The van der Waals surface area contributed by atoms with E-state index in [-0.39, 0.29) is 17.3 Å². The van der Waals surface area contributed by atoms with Crippen LogP contribution in [0.1, 0.15) is 29.8 Å². The van der Waals surface area contributed by atoms with Crippen LogP contribution in [0.3, 0.4) is 0 Å². The van der Waals surface area contributed by atoms with Gasteiger partial charge in [0.1, 0.15) is 28.0 Å². The fraction of sp³-hybridized carbons (Fsp3) is 0.200. The third-order valence-corrected chi connectivity index (χ3v) is 6.02. The van der Waals surface area contributed by atoms with Crippen LogP contribution in [0.4, 0.5) is 37.2 Å². The lowest BCUT2D eigenvalue weighted by atomic mass is 10.2. The number of nitrogens with one attached hydrogen (secondary N) is 1. The van der Waals surface area contributed by atoms with Gasteiger partial charge in [0.05, 0.1) is 29.5 Å². The predicted molar refractivity (Wildman–Crippen MR) is 139 cm³/mol. The fourth-order valence-electron chi connectivity index (χ4n) is 2.97. The number of nitrogens with zero attached hydrogens (tertiary/aromatic N) is 3. The van der Waals surface area contributed by atoms with Crippen molar-refractivity contribution in [3.05, 3.63) is 82.5 Å². The summed E-state index contributed by atoms with van der Waals surface area (Å²) in [7, 11) is 1.27. The van der Waals surface area contributed by atoms with Gasteiger partial charge in [-0.15, -0.1) is 0 Å². The van der Waals surface area contributed by atoms with Crippen molar-refractivity contribution < 1.29 is 45.8 Å². The van der Waals surface area contributed by atoms with E-state index in [9.17, 15) is 36.3 Å². The number of hydrogen-bond acceptors (Lipinski definition) is 7. The quantitative estimate of drug-likeness (QED) is 0.220. The molecule has 0 fully saturated rings. The monoisotopic (exact) mass is 618 g/mol. The summed E-state index contributed by atoms with van der Waals surface area (Å²) in [6, 6.07) is 7.31. The maximum atomic E-state index is 14.1. The molecule has 0 atom stereocenters. The first kappa shape index (κ1) is 31.4. The fourth-order valence-corrected chi connectivity index (χ4v) is 3.87. The maximum Gasteiger partial charge on any atom is 0.421 e. The highest BCUT2D eigenvalue weighted by Crippen LogP contribution is 2.35. The molecule has 0 saturated carbocycles. The van der Waals surface area contributed by atoms with Crippen molar-refractivity contribution in [2.24, 2.45) is 0 Å². The molecular weight excluding hydrogens is 599 g/mol. The van der Waals surface area contributed by atoms with Crippen LogP contribution < -0.4 is 14.4 Å². The van der Waals surface area contributed by atoms with Gasteiger partial charge in [0.25, 0.3) is 5.91 Å². The number of aromatic nitrogens is 1. The summed E-state index contributed by atoms with van der Waals surface area (Å²) in [5.74, 6) is -4.07. The number of hydrogen-bond donors (Lipinski definition) is 1. The lowest BCUT2D eigenvalue weighted by Gasteiger charge is -2.26. The Balaban J connectivity index is 1.86. The molecule has 0 spiro atoms. The number of pyridine rings is 1. The molecule has 218 valence electrons. The van der Waals surface area contributed by atoms with Crippen molar-refractivity contribution in [3.63, 3.8) is 0 Å². The molecule has 1 N–H and O–H groups in total. The summed E-state index contributed by atoms with van der Waals surface area (Å²) in [5, 5.41) is 1.45. The van der Waals surface area contributed by atoms with Crippen molar-refractivity contribution >= 4 is 47.5 Å². The zero-order valence-corrected chi connectivity index (χ0v) is 22.9. The number of benzene rings is 2. The summed E-state index contributed by atoms with van der Waals surface area (Å²) in [6.45, 7) is 3.19. The predicted octanol–water partition coefficient (Wildman–Crippen LogP) is 7.22. The normalized spacial score (nSPS) is 11.2. The molecule has 4 amide bonds. The number of ether oxygens (including phenoxy) is 2. The Labute approximate surface area is 239 Å². The van der Waals surface area contributed by atoms with Crippen molar-refractivity contribution in [1.82, 2.24) is 14.6 Å². The minimum atomic E-state index is -4.66. The first-order valence-electron chi connectivity index (χ1n) is 11.4. The summed E-state index contributed by atoms with van der Waals surface area (Å²) < 4.78 is 78.9. The highest BCUT2D eigenvalue weighted by molar-refractivity contribution is 7.99. The average molecular weight is 619 g/mol. The molecule has 0 radical (unpaired) electrons. The van der Waals surface area contributed by atoms with Gasteiger partial charge in [0, 0.05) is 13.2 Å². The first-order valence-corrected chi connectivity index (χ1v) is 12.5. The number of imide groups is 1. The number of anilines is 1. The van der Waals surface area contributed by atoms with Gasteiger partial charge in [0.2, 0.25) is 5.88 Å². The molecule has 1 heterocycles. The largest absolute Gasteiger partial charge is 0.446 e. The van der Waals surface area contributed by atoms with E-state index in [0.29, 0.717) is 24.4 Å². The van der Waals surface area contributed by atoms with Gasteiger partial charge in [-0.25, -0.2) is 32.0 Å². The van der Waals surface area contributed by atoms with Crippen LogP contribution in [0.15, 0.2) is 54.7 Å². The van der Waals surface area contributed by atoms with Gasteiger partial charge in [0.15, 0.2) is 0 Å². The number of halogens is 6. The minimum absolute atomic E-state index is 0.0392. The zero-order chi connectivity index (χ0) is 30.5. The van der Waals surface area contributed by atoms with Crippen LogP contribution in [0.25, 0.3) is 0 Å². The van der Waals surface area contributed by atoms with E-state index >= 15 is 0 Å². The van der Waals surface area contributed by atoms with E-state index < -0.39 is 58.1 Å². The average Bonchev–Trinajstić information content (AvgIpc) is 2.87. The summed E-state index contributed by atoms with van der Waals surface area (Å²) in [6.07, 6.45) is -5.47. The summed E-state index contributed by atoms with van der Waals surface area (Å²) >= 11 is 6.34. The van der Waals surface area contributed by atoms with Crippen molar-refractivity contribution in [3.8, 4) is 11.6 Å².